The Morgan fingerprint density at radius 3 is 0.828 bits per heavy atom. The van der Waals surface area contributed by atoms with Crippen LogP contribution in [0.1, 0.15) is 0 Å². The van der Waals surface area contributed by atoms with E-state index in [0.717, 1.165) is 7.96 Å². The predicted octanol–water partition coefficient (Wildman–Crippen LogP) is 17.2. The summed E-state index contributed by atoms with van der Waals surface area (Å²) in [6.07, 6.45) is 0. The maximum atomic E-state index is 4.19. The zero-order valence-electron chi connectivity index (χ0n) is 14.8. The molecule has 0 heterocycles. The molecule has 0 fully saturated rings. The molecule has 0 aromatic carbocycles. The third-order valence-electron chi connectivity index (χ3n) is 2.35. The van der Waals surface area contributed by atoms with Crippen molar-refractivity contribution in [1.29, 1.82) is 0 Å². The molecular formula is H29P29-2. The minimum absolute atomic E-state index is 0.00447. The summed E-state index contributed by atoms with van der Waals surface area (Å²) >= 11 is 0. The van der Waals surface area contributed by atoms with Gasteiger partial charge in [-0.25, -0.2) is 6.99 Å². The molecule has 0 N–H and O–H groups in total. The minimum Gasteiger partial charge on any atom is -0.524 e. The molecule has 0 aliphatic heterocycles. The maximum Gasteiger partial charge on any atom is -0.000551 e. The second-order valence-electron chi connectivity index (χ2n) is 4.37. The molecule has 0 rings (SSSR count). The first-order valence-corrected chi connectivity index (χ1v) is 58.1. The Kier molecular flexibility index (Phi) is 32.7. The van der Waals surface area contributed by atoms with Crippen LogP contribution in [0.2, 0.25) is 0 Å². The molecule has 0 nitrogen and oxygen atoms in total. The van der Waals surface area contributed by atoms with Crippen molar-refractivity contribution >= 4 is 233 Å². The molecule has 0 bridgehead atoms. The molecule has 17 atom stereocenters. The molecule has 0 saturated heterocycles. The lowest BCUT2D eigenvalue weighted by Gasteiger charge is -2.54. The van der Waals surface area contributed by atoms with Crippen molar-refractivity contribution in [2.24, 2.45) is 0 Å². The van der Waals surface area contributed by atoms with Crippen LogP contribution in [0.5, 0.6) is 0 Å². The molecule has 0 aliphatic rings. The third-order valence-corrected chi connectivity index (χ3v) is 191. The molecule has 0 aromatic heterocycles. The van der Waals surface area contributed by atoms with E-state index in [2.05, 4.69) is 134 Å². The van der Waals surface area contributed by atoms with Crippen molar-refractivity contribution in [2.75, 3.05) is 0 Å². The highest BCUT2D eigenvalue weighted by atomic mass is 33.5. The first-order valence-electron chi connectivity index (χ1n) is 6.45. The average Bonchev–Trinajstić information content (AvgIpc) is 2.51. The summed E-state index contributed by atoms with van der Waals surface area (Å²) in [4.78, 5) is 0. The summed E-state index contributed by atoms with van der Waals surface area (Å²) in [5.74, 6) is 0. The molecular weight excluding hydrogens is 898 g/mol. The van der Waals surface area contributed by atoms with Gasteiger partial charge in [0.15, 0.2) is 0 Å². The Balaban J connectivity index is 6.97. The molecule has 0 aromatic rings. The van der Waals surface area contributed by atoms with Crippen LogP contribution in [-0.2, 0) is 0 Å². The van der Waals surface area contributed by atoms with E-state index in [0.29, 0.717) is 0 Å². The van der Waals surface area contributed by atoms with Crippen LogP contribution in [0.3, 0.4) is 0 Å². The molecule has 0 amide bonds. The number of rotatable bonds is 13. The standard InChI is InChI=1S/H29P29/c1-16-24(17(2)3)28(25(18(4)5)19(6)7)29(26(20(8)9)21(10)11)27(22(12)13)23(14)15/h1-2,16H,3-15H2/q-2. The van der Waals surface area contributed by atoms with Gasteiger partial charge in [0.25, 0.3) is 0 Å². The predicted molar refractivity (Wildman–Crippen MR) is 241 cm³/mol. The highest BCUT2D eigenvalue weighted by Crippen LogP contribution is 3.37. The van der Waals surface area contributed by atoms with Gasteiger partial charge in [-0.1, -0.05) is 6.99 Å². The molecule has 0 saturated carbocycles. The van der Waals surface area contributed by atoms with E-state index in [1.165, 1.54) is 0 Å². The Morgan fingerprint density at radius 1 is 0.414 bits per heavy atom. The van der Waals surface area contributed by atoms with E-state index in [1.807, 2.05) is 0 Å². The summed E-state index contributed by atoms with van der Waals surface area (Å²) in [7, 11) is 51.6. The van der Waals surface area contributed by atoms with E-state index in [-0.39, 0.29) is 90.8 Å². The van der Waals surface area contributed by atoms with Gasteiger partial charge in [0.05, 0.1) is 0 Å². The lowest BCUT2D eigenvalue weighted by Crippen LogP contribution is -1.63. The van der Waals surface area contributed by atoms with Crippen LogP contribution in [-0.4, -0.2) is 0 Å². The zero-order valence-corrected chi connectivity index (χ0v) is 44.5. The lowest BCUT2D eigenvalue weighted by molar-refractivity contribution is 4.43. The van der Waals surface area contributed by atoms with Gasteiger partial charge in [-0.2, -0.15) is 0 Å². The van der Waals surface area contributed by atoms with Gasteiger partial charge in [0.1, 0.15) is 0 Å². The fourth-order valence-corrected chi connectivity index (χ4v) is 373. The quantitative estimate of drug-likeness (QED) is 0.162. The van der Waals surface area contributed by atoms with Crippen molar-refractivity contribution in [2.45, 2.75) is 0 Å². The van der Waals surface area contributed by atoms with E-state index in [9.17, 15) is 0 Å². The topological polar surface area (TPSA) is 0 Å². The number of hydrogen-bond acceptors (Lipinski definition) is 0. The monoisotopic (exact) mass is 927 g/mol. The summed E-state index contributed by atoms with van der Waals surface area (Å²) in [5.41, 5.74) is 0. The first kappa shape index (κ1) is 41.5. The molecule has 0 radical (unpaired) electrons. The van der Waals surface area contributed by atoms with Crippen LogP contribution < -0.4 is 0 Å². The van der Waals surface area contributed by atoms with Crippen LogP contribution in [0.25, 0.3) is 0 Å². The maximum absolute atomic E-state index is 4.19. The second-order valence-corrected chi connectivity index (χ2v) is 118. The van der Waals surface area contributed by atoms with Gasteiger partial charge in [-0.05, 0) is 76.9 Å². The SMILES string of the molecule is [PH-]PP(P([PH-])P)P(P(P(P)P)P(P)P)P(P(P(P)P)P(P)P)P(P(P)P)P(P)P. The number of hydrogen-bond donors (Lipinski definition) is 0. The van der Waals surface area contributed by atoms with Crippen LogP contribution in [0.4, 0.5) is 0 Å². The van der Waals surface area contributed by atoms with E-state index < -0.39 is 0 Å². The van der Waals surface area contributed by atoms with Crippen LogP contribution in [0, 0.1) is 0 Å². The fraction of sp³-hybridized carbons (Fsp3) is 0. The van der Waals surface area contributed by atoms with Gasteiger partial charge in [-0.3, -0.25) is 7.96 Å². The third kappa shape index (κ3) is 15.3. The normalized spacial score (nSPS) is 17.3. The Hall–Kier alpha value is 12.5. The summed E-state index contributed by atoms with van der Waals surface area (Å²) < 4.78 is 0. The second kappa shape index (κ2) is 22.9. The van der Waals surface area contributed by atoms with Gasteiger partial charge in [0.2, 0.25) is 0 Å². The van der Waals surface area contributed by atoms with Gasteiger partial charge < -0.3 is 17.9 Å². The fourth-order valence-electron chi connectivity index (χ4n) is 1.53. The Labute approximate surface area is 230 Å². The van der Waals surface area contributed by atoms with Crippen LogP contribution >= 0.6 is 233 Å². The minimum atomic E-state index is -0.154. The largest absolute Gasteiger partial charge is 0.524 e. The van der Waals surface area contributed by atoms with Crippen molar-refractivity contribution in [3.8, 4) is 0 Å². The lowest BCUT2D eigenvalue weighted by atomic mass is 28.5. The van der Waals surface area contributed by atoms with Crippen molar-refractivity contribution < 1.29 is 0 Å². The summed E-state index contributed by atoms with van der Waals surface area (Å²) in [6.45, 7) is -0.362. The Morgan fingerprint density at radius 2 is 0.655 bits per heavy atom. The van der Waals surface area contributed by atoms with Gasteiger partial charge in [0, 0.05) is 0 Å². The molecule has 0 aliphatic carbocycles. The van der Waals surface area contributed by atoms with Crippen molar-refractivity contribution in [3.05, 3.63) is 0 Å². The van der Waals surface area contributed by atoms with E-state index >= 15 is 0 Å². The molecule has 0 spiro atoms. The highest BCUT2D eigenvalue weighted by Gasteiger charge is 2.48. The highest BCUT2D eigenvalue weighted by molar-refractivity contribution is 9.43. The van der Waals surface area contributed by atoms with Crippen molar-refractivity contribution in [1.82, 2.24) is 0 Å². The summed E-state index contributed by atoms with van der Waals surface area (Å²) in [5, 5.41) is 0. The van der Waals surface area contributed by atoms with Gasteiger partial charge >= 0.3 is 0 Å². The van der Waals surface area contributed by atoms with Gasteiger partial charge in [-0.15, -0.1) is 116 Å². The molecule has 29 heavy (non-hydrogen) atoms. The van der Waals surface area contributed by atoms with Crippen LogP contribution in [0.15, 0.2) is 0 Å². The molecule has 17 unspecified atom stereocenters. The van der Waals surface area contributed by atoms with Crippen molar-refractivity contribution in [3.63, 3.8) is 0 Å². The van der Waals surface area contributed by atoms with E-state index in [4.69, 9.17) is 0 Å². The molecule has 176 valence electrons. The summed E-state index contributed by atoms with van der Waals surface area (Å²) in [6, 6.07) is 0. The average molecular weight is 927 g/mol. The Bertz CT molecular complexity index is 368. The smallest absolute Gasteiger partial charge is 0.000551 e. The first-order chi connectivity index (χ1) is 13.2. The molecule has 29 heteroatoms. The zero-order chi connectivity index (χ0) is 23.2. The van der Waals surface area contributed by atoms with E-state index in [1.54, 1.807) is 0 Å².